The van der Waals surface area contributed by atoms with E-state index >= 15 is 0 Å². The zero-order valence-corrected chi connectivity index (χ0v) is 15.1. The van der Waals surface area contributed by atoms with Crippen molar-refractivity contribution >= 4 is 11.8 Å². The number of hydrogen-bond acceptors (Lipinski definition) is 6. The fourth-order valence-corrected chi connectivity index (χ4v) is 3.15. The van der Waals surface area contributed by atoms with Crippen molar-refractivity contribution in [1.82, 2.24) is 9.97 Å². The Labute approximate surface area is 151 Å². The van der Waals surface area contributed by atoms with Crippen molar-refractivity contribution in [3.63, 3.8) is 0 Å². The van der Waals surface area contributed by atoms with Crippen LogP contribution in [0.3, 0.4) is 0 Å². The highest BCUT2D eigenvalue weighted by molar-refractivity contribution is 5.45. The van der Waals surface area contributed by atoms with Gasteiger partial charge in [-0.25, -0.2) is 4.98 Å². The Kier molecular flexibility index (Phi) is 5.86. The zero-order chi connectivity index (χ0) is 18.7. The van der Waals surface area contributed by atoms with Crippen LogP contribution in [0.2, 0.25) is 0 Å². The second-order valence-corrected chi connectivity index (χ2v) is 7.05. The minimum atomic E-state index is -4.49. The van der Waals surface area contributed by atoms with Crippen LogP contribution in [0.4, 0.5) is 24.9 Å². The summed E-state index contributed by atoms with van der Waals surface area (Å²) in [5.74, 6) is 0.843. The van der Waals surface area contributed by atoms with E-state index in [1.54, 1.807) is 23.9 Å². The first-order chi connectivity index (χ1) is 12.3. The second-order valence-electron chi connectivity index (χ2n) is 7.05. The highest BCUT2D eigenvalue weighted by Crippen LogP contribution is 2.31. The van der Waals surface area contributed by atoms with Crippen molar-refractivity contribution in [2.45, 2.75) is 31.5 Å². The minimum absolute atomic E-state index is 0.131. The van der Waals surface area contributed by atoms with Gasteiger partial charge in [0.25, 0.3) is 0 Å². The summed E-state index contributed by atoms with van der Waals surface area (Å²) >= 11 is 0. The molecule has 1 unspecified atom stereocenters. The van der Waals surface area contributed by atoms with E-state index in [2.05, 4.69) is 9.97 Å². The van der Waals surface area contributed by atoms with Gasteiger partial charge in [-0.1, -0.05) is 0 Å². The topological polar surface area (TPSA) is 50.7 Å². The van der Waals surface area contributed by atoms with Gasteiger partial charge in [0.15, 0.2) is 5.69 Å². The lowest BCUT2D eigenvalue weighted by Gasteiger charge is -2.33. The van der Waals surface area contributed by atoms with E-state index in [1.807, 2.05) is 0 Å². The van der Waals surface area contributed by atoms with Gasteiger partial charge in [-0.2, -0.15) is 18.2 Å². The van der Waals surface area contributed by atoms with Crippen LogP contribution in [0.5, 0.6) is 0 Å². The molecule has 3 heterocycles. The zero-order valence-electron chi connectivity index (χ0n) is 15.1. The molecule has 0 aromatic carbocycles. The molecule has 2 fully saturated rings. The Morgan fingerprint density at radius 1 is 1.23 bits per heavy atom. The standard InChI is InChI=1S/C17H25F3N4O2/c1-23(2)15-9-14(17(18,19)20)21-16(22-15)24-6-3-13(4-7-24)26-11-12-5-8-25-10-12/h9,12-13H,3-8,10-11H2,1-2H3. The molecule has 146 valence electrons. The third-order valence-corrected chi connectivity index (χ3v) is 4.77. The van der Waals surface area contributed by atoms with E-state index in [-0.39, 0.29) is 17.9 Å². The first-order valence-electron chi connectivity index (χ1n) is 8.91. The number of hydrogen-bond donors (Lipinski definition) is 0. The molecule has 0 spiro atoms. The molecule has 1 atom stereocenters. The van der Waals surface area contributed by atoms with E-state index in [0.717, 1.165) is 38.5 Å². The molecule has 9 heteroatoms. The molecule has 0 radical (unpaired) electrons. The van der Waals surface area contributed by atoms with Gasteiger partial charge >= 0.3 is 6.18 Å². The predicted octanol–water partition coefficient (Wildman–Crippen LogP) is 2.58. The molecule has 2 aliphatic heterocycles. The Morgan fingerprint density at radius 3 is 2.54 bits per heavy atom. The maximum atomic E-state index is 13.1. The summed E-state index contributed by atoms with van der Waals surface area (Å²) < 4.78 is 50.7. The van der Waals surface area contributed by atoms with E-state index in [4.69, 9.17) is 9.47 Å². The molecule has 1 aromatic rings. The van der Waals surface area contributed by atoms with Crippen molar-refractivity contribution < 1.29 is 22.6 Å². The van der Waals surface area contributed by atoms with Crippen LogP contribution in [0, 0.1) is 5.92 Å². The number of aromatic nitrogens is 2. The highest BCUT2D eigenvalue weighted by Gasteiger charge is 2.35. The molecular formula is C17H25F3N4O2. The molecule has 2 saturated heterocycles. The van der Waals surface area contributed by atoms with Crippen LogP contribution in [0.15, 0.2) is 6.07 Å². The van der Waals surface area contributed by atoms with Crippen LogP contribution in [0.1, 0.15) is 25.0 Å². The maximum absolute atomic E-state index is 13.1. The molecule has 1 aromatic heterocycles. The van der Waals surface area contributed by atoms with Gasteiger partial charge in [-0.15, -0.1) is 0 Å². The average molecular weight is 374 g/mol. The van der Waals surface area contributed by atoms with Crippen LogP contribution >= 0.6 is 0 Å². The lowest BCUT2D eigenvalue weighted by atomic mass is 10.1. The molecule has 0 bridgehead atoms. The average Bonchev–Trinajstić information content (AvgIpc) is 3.13. The molecular weight excluding hydrogens is 349 g/mol. The Bertz CT molecular complexity index is 598. The van der Waals surface area contributed by atoms with E-state index in [0.29, 0.717) is 25.6 Å². The third-order valence-electron chi connectivity index (χ3n) is 4.77. The fourth-order valence-electron chi connectivity index (χ4n) is 3.15. The van der Waals surface area contributed by atoms with Gasteiger partial charge in [0, 0.05) is 45.8 Å². The lowest BCUT2D eigenvalue weighted by molar-refractivity contribution is -0.141. The van der Waals surface area contributed by atoms with Crippen LogP contribution in [0.25, 0.3) is 0 Å². The van der Waals surface area contributed by atoms with Gasteiger partial charge in [-0.05, 0) is 19.3 Å². The van der Waals surface area contributed by atoms with Gasteiger partial charge in [0.2, 0.25) is 5.95 Å². The molecule has 0 N–H and O–H groups in total. The van der Waals surface area contributed by atoms with Gasteiger partial charge < -0.3 is 19.3 Å². The molecule has 0 amide bonds. The molecule has 0 saturated carbocycles. The summed E-state index contributed by atoms with van der Waals surface area (Å²) in [5, 5.41) is 0. The summed E-state index contributed by atoms with van der Waals surface area (Å²) in [6.45, 7) is 3.41. The molecule has 26 heavy (non-hydrogen) atoms. The number of alkyl halides is 3. The number of piperidine rings is 1. The second kappa shape index (κ2) is 7.96. The van der Waals surface area contributed by atoms with Gasteiger partial charge in [0.1, 0.15) is 5.82 Å². The largest absolute Gasteiger partial charge is 0.433 e. The molecule has 3 rings (SSSR count). The van der Waals surface area contributed by atoms with Crippen molar-refractivity contribution in [3.05, 3.63) is 11.8 Å². The lowest BCUT2D eigenvalue weighted by Crippen LogP contribution is -2.39. The SMILES string of the molecule is CN(C)c1cc(C(F)(F)F)nc(N2CCC(OCC3CCOC3)CC2)n1. The maximum Gasteiger partial charge on any atom is 0.433 e. The molecule has 2 aliphatic rings. The molecule has 6 nitrogen and oxygen atoms in total. The van der Waals surface area contributed by atoms with Crippen molar-refractivity contribution in [2.24, 2.45) is 5.92 Å². The molecule has 0 aliphatic carbocycles. The Balaban J connectivity index is 1.62. The monoisotopic (exact) mass is 374 g/mol. The Morgan fingerprint density at radius 2 is 1.96 bits per heavy atom. The summed E-state index contributed by atoms with van der Waals surface area (Å²) in [5.41, 5.74) is -0.911. The summed E-state index contributed by atoms with van der Waals surface area (Å²) in [6.07, 6.45) is -1.82. The van der Waals surface area contributed by atoms with Crippen molar-refractivity contribution in [2.75, 3.05) is 56.8 Å². The van der Waals surface area contributed by atoms with Crippen LogP contribution < -0.4 is 9.80 Å². The summed E-state index contributed by atoms with van der Waals surface area (Å²) in [6, 6.07) is 0.975. The number of halogens is 3. The van der Waals surface area contributed by atoms with Crippen LogP contribution in [-0.2, 0) is 15.7 Å². The smallest absolute Gasteiger partial charge is 0.381 e. The Hall–Kier alpha value is -1.61. The van der Waals surface area contributed by atoms with Gasteiger partial charge in [-0.3, -0.25) is 0 Å². The first kappa shape index (κ1) is 19.2. The summed E-state index contributed by atoms with van der Waals surface area (Å²) in [7, 11) is 3.33. The highest BCUT2D eigenvalue weighted by atomic mass is 19.4. The fraction of sp³-hybridized carbons (Fsp3) is 0.765. The van der Waals surface area contributed by atoms with E-state index < -0.39 is 11.9 Å². The first-order valence-corrected chi connectivity index (χ1v) is 8.91. The summed E-state index contributed by atoms with van der Waals surface area (Å²) in [4.78, 5) is 11.4. The van der Waals surface area contributed by atoms with E-state index in [1.165, 1.54) is 0 Å². The number of anilines is 2. The van der Waals surface area contributed by atoms with E-state index in [9.17, 15) is 13.2 Å². The number of ether oxygens (including phenoxy) is 2. The van der Waals surface area contributed by atoms with Crippen molar-refractivity contribution in [1.29, 1.82) is 0 Å². The minimum Gasteiger partial charge on any atom is -0.381 e. The third kappa shape index (κ3) is 4.76. The van der Waals surface area contributed by atoms with Gasteiger partial charge in [0.05, 0.1) is 19.3 Å². The quantitative estimate of drug-likeness (QED) is 0.790. The normalized spacial score (nSPS) is 22.0. The van der Waals surface area contributed by atoms with Crippen molar-refractivity contribution in [3.8, 4) is 0 Å². The number of nitrogens with zero attached hydrogens (tertiary/aromatic N) is 4. The predicted molar refractivity (Wildman–Crippen MR) is 91.5 cm³/mol. The van der Waals surface area contributed by atoms with Crippen LogP contribution in [-0.4, -0.2) is 63.1 Å². The number of rotatable bonds is 5.